The molecule has 0 bridgehead atoms. The first-order valence-electron chi connectivity index (χ1n) is 5.39. The molecule has 16 heavy (non-hydrogen) atoms. The fraction of sp³-hybridized carbons (Fsp3) is 0.800. The Hall–Kier alpha value is -1.30. The number of nitrogens with one attached hydrogen (secondary N) is 2. The molecule has 0 aromatic rings. The molecule has 0 aliphatic carbocycles. The van der Waals surface area contributed by atoms with Crippen LogP contribution in [0.5, 0.6) is 0 Å². The third-order valence-electron chi connectivity index (χ3n) is 2.46. The van der Waals surface area contributed by atoms with Crippen LogP contribution in [0.2, 0.25) is 0 Å². The summed E-state index contributed by atoms with van der Waals surface area (Å²) in [6.45, 7) is 5.30. The van der Waals surface area contributed by atoms with Crippen molar-refractivity contribution in [3.63, 3.8) is 0 Å². The first-order chi connectivity index (χ1) is 7.42. The van der Waals surface area contributed by atoms with Gasteiger partial charge in [0.05, 0.1) is 6.61 Å². The van der Waals surface area contributed by atoms with E-state index in [2.05, 4.69) is 10.6 Å². The highest BCUT2D eigenvalue weighted by molar-refractivity contribution is 5.86. The summed E-state index contributed by atoms with van der Waals surface area (Å²) in [5.74, 6) is -0.340. The molecule has 0 saturated heterocycles. The standard InChI is InChI=1S/C10H21N3O3/c1-4-6(2)8(13-10(11)16)9(15)12-7(3)5-14/h6-8,14H,4-5H2,1-3H3,(H,12,15)(H3,11,13,16). The molecule has 0 radical (unpaired) electrons. The van der Waals surface area contributed by atoms with Crippen molar-refractivity contribution in [3.8, 4) is 0 Å². The molecule has 0 fully saturated rings. The number of nitrogens with two attached hydrogens (primary N) is 1. The average molecular weight is 231 g/mol. The molecule has 0 aliphatic heterocycles. The molecule has 3 atom stereocenters. The summed E-state index contributed by atoms with van der Waals surface area (Å²) in [6.07, 6.45) is 0.742. The Balaban J connectivity index is 4.49. The van der Waals surface area contributed by atoms with Crippen LogP contribution in [0.25, 0.3) is 0 Å². The zero-order valence-electron chi connectivity index (χ0n) is 9.99. The summed E-state index contributed by atoms with van der Waals surface area (Å²) in [4.78, 5) is 22.5. The summed E-state index contributed by atoms with van der Waals surface area (Å²) in [5.41, 5.74) is 5.01. The van der Waals surface area contributed by atoms with Gasteiger partial charge < -0.3 is 21.5 Å². The van der Waals surface area contributed by atoms with Crippen LogP contribution in [0.4, 0.5) is 4.79 Å². The van der Waals surface area contributed by atoms with Crippen LogP contribution in [-0.4, -0.2) is 35.7 Å². The monoisotopic (exact) mass is 231 g/mol. The van der Waals surface area contributed by atoms with Crippen molar-refractivity contribution in [1.82, 2.24) is 10.6 Å². The lowest BCUT2D eigenvalue weighted by Gasteiger charge is -2.24. The van der Waals surface area contributed by atoms with Gasteiger partial charge >= 0.3 is 6.03 Å². The summed E-state index contributed by atoms with van der Waals surface area (Å²) in [5, 5.41) is 13.8. The predicted molar refractivity (Wildman–Crippen MR) is 60.7 cm³/mol. The van der Waals surface area contributed by atoms with Gasteiger partial charge in [-0.3, -0.25) is 4.79 Å². The van der Waals surface area contributed by atoms with Crippen LogP contribution in [0.15, 0.2) is 0 Å². The minimum atomic E-state index is -0.725. The maximum absolute atomic E-state index is 11.8. The van der Waals surface area contributed by atoms with Crippen LogP contribution in [-0.2, 0) is 4.79 Å². The lowest BCUT2D eigenvalue weighted by molar-refractivity contribution is -0.124. The minimum absolute atomic E-state index is 0.0154. The van der Waals surface area contributed by atoms with Gasteiger partial charge in [0.2, 0.25) is 5.91 Å². The van der Waals surface area contributed by atoms with E-state index >= 15 is 0 Å². The molecule has 0 aliphatic rings. The molecule has 0 rings (SSSR count). The molecule has 6 nitrogen and oxygen atoms in total. The van der Waals surface area contributed by atoms with E-state index in [0.29, 0.717) is 0 Å². The van der Waals surface area contributed by atoms with Crippen molar-refractivity contribution in [2.75, 3.05) is 6.61 Å². The highest BCUT2D eigenvalue weighted by Crippen LogP contribution is 2.07. The largest absolute Gasteiger partial charge is 0.394 e. The van der Waals surface area contributed by atoms with Gasteiger partial charge in [-0.25, -0.2) is 4.79 Å². The van der Waals surface area contributed by atoms with Gasteiger partial charge in [-0.1, -0.05) is 20.3 Å². The zero-order chi connectivity index (χ0) is 12.7. The number of urea groups is 1. The molecular formula is C10H21N3O3. The second-order valence-electron chi connectivity index (χ2n) is 3.96. The number of primary amides is 1. The van der Waals surface area contributed by atoms with Crippen molar-refractivity contribution in [2.24, 2.45) is 11.7 Å². The molecule has 6 heteroatoms. The van der Waals surface area contributed by atoms with E-state index in [4.69, 9.17) is 10.8 Å². The van der Waals surface area contributed by atoms with Gasteiger partial charge in [-0.15, -0.1) is 0 Å². The third-order valence-corrected chi connectivity index (χ3v) is 2.46. The van der Waals surface area contributed by atoms with Crippen molar-refractivity contribution in [3.05, 3.63) is 0 Å². The maximum atomic E-state index is 11.8. The summed E-state index contributed by atoms with van der Waals surface area (Å²) in [6, 6.07) is -1.72. The normalized spacial score (nSPS) is 16.0. The Morgan fingerprint density at radius 2 is 1.88 bits per heavy atom. The quantitative estimate of drug-likeness (QED) is 0.498. The molecule has 0 heterocycles. The van der Waals surface area contributed by atoms with Crippen LogP contribution in [0.1, 0.15) is 27.2 Å². The maximum Gasteiger partial charge on any atom is 0.312 e. The van der Waals surface area contributed by atoms with Gasteiger partial charge in [0.25, 0.3) is 0 Å². The first-order valence-corrected chi connectivity index (χ1v) is 5.39. The van der Waals surface area contributed by atoms with Gasteiger partial charge in [-0.05, 0) is 12.8 Å². The second-order valence-corrected chi connectivity index (χ2v) is 3.96. The lowest BCUT2D eigenvalue weighted by Crippen LogP contribution is -2.53. The molecule has 5 N–H and O–H groups in total. The van der Waals surface area contributed by atoms with Crippen molar-refractivity contribution < 1.29 is 14.7 Å². The Bertz CT molecular complexity index is 245. The van der Waals surface area contributed by atoms with Crippen LogP contribution >= 0.6 is 0 Å². The van der Waals surface area contributed by atoms with Crippen LogP contribution in [0, 0.1) is 5.92 Å². The highest BCUT2D eigenvalue weighted by Gasteiger charge is 2.25. The summed E-state index contributed by atoms with van der Waals surface area (Å²) in [7, 11) is 0. The van der Waals surface area contributed by atoms with E-state index in [0.717, 1.165) is 6.42 Å². The van der Waals surface area contributed by atoms with Crippen molar-refractivity contribution in [1.29, 1.82) is 0 Å². The number of aliphatic hydroxyl groups is 1. The molecule has 0 saturated carbocycles. The number of carbonyl (C=O) groups is 2. The van der Waals surface area contributed by atoms with Gasteiger partial charge in [-0.2, -0.15) is 0 Å². The van der Waals surface area contributed by atoms with Gasteiger partial charge in [0.15, 0.2) is 0 Å². The third kappa shape index (κ3) is 4.97. The predicted octanol–water partition coefficient (Wildman–Crippen LogP) is -0.434. The number of hydrogen-bond donors (Lipinski definition) is 4. The van der Waals surface area contributed by atoms with Gasteiger partial charge in [0, 0.05) is 6.04 Å². The minimum Gasteiger partial charge on any atom is -0.394 e. The van der Waals surface area contributed by atoms with Crippen LogP contribution in [0.3, 0.4) is 0 Å². The van der Waals surface area contributed by atoms with Crippen molar-refractivity contribution >= 4 is 11.9 Å². The van der Waals surface area contributed by atoms with E-state index in [-0.39, 0.29) is 24.5 Å². The van der Waals surface area contributed by atoms with Crippen LogP contribution < -0.4 is 16.4 Å². The van der Waals surface area contributed by atoms with E-state index in [1.807, 2.05) is 13.8 Å². The number of hydrogen-bond acceptors (Lipinski definition) is 3. The molecule has 0 spiro atoms. The van der Waals surface area contributed by atoms with E-state index in [9.17, 15) is 9.59 Å². The zero-order valence-corrected chi connectivity index (χ0v) is 9.99. The molecule has 0 aromatic carbocycles. The molecule has 3 amide bonds. The van der Waals surface area contributed by atoms with E-state index in [1.54, 1.807) is 6.92 Å². The second kappa shape index (κ2) is 7.05. The topological polar surface area (TPSA) is 104 Å². The summed E-state index contributed by atoms with van der Waals surface area (Å²) < 4.78 is 0. The molecule has 3 unspecified atom stereocenters. The average Bonchev–Trinajstić information content (AvgIpc) is 2.24. The Labute approximate surface area is 95.6 Å². The summed E-state index contributed by atoms with van der Waals surface area (Å²) >= 11 is 0. The SMILES string of the molecule is CCC(C)C(NC(N)=O)C(=O)NC(C)CO. The molecular weight excluding hydrogens is 210 g/mol. The fourth-order valence-corrected chi connectivity index (χ4v) is 1.23. The molecule has 94 valence electrons. The smallest absolute Gasteiger partial charge is 0.312 e. The number of carbonyl (C=O) groups excluding carboxylic acids is 2. The molecule has 0 aromatic heterocycles. The Kier molecular flexibility index (Phi) is 6.48. The first kappa shape index (κ1) is 14.7. The van der Waals surface area contributed by atoms with Crippen molar-refractivity contribution in [2.45, 2.75) is 39.3 Å². The Morgan fingerprint density at radius 3 is 2.25 bits per heavy atom. The lowest BCUT2D eigenvalue weighted by atomic mass is 9.98. The number of aliphatic hydroxyl groups excluding tert-OH is 1. The highest BCUT2D eigenvalue weighted by atomic mass is 16.3. The number of rotatable bonds is 6. The Morgan fingerprint density at radius 1 is 1.31 bits per heavy atom. The fourth-order valence-electron chi connectivity index (χ4n) is 1.23. The number of amides is 3. The van der Waals surface area contributed by atoms with E-state index in [1.165, 1.54) is 0 Å². The van der Waals surface area contributed by atoms with E-state index < -0.39 is 12.1 Å². The van der Waals surface area contributed by atoms with Gasteiger partial charge in [0.1, 0.15) is 6.04 Å².